The van der Waals surface area contributed by atoms with Gasteiger partial charge in [-0.2, -0.15) is 0 Å². The lowest BCUT2D eigenvalue weighted by atomic mass is 9.95. The first kappa shape index (κ1) is 13.0. The van der Waals surface area contributed by atoms with Gasteiger partial charge in [-0.15, -0.1) is 0 Å². The molecule has 0 aliphatic rings. The van der Waals surface area contributed by atoms with E-state index in [2.05, 4.69) is 37.5 Å². The van der Waals surface area contributed by atoms with Gasteiger partial charge >= 0.3 is 0 Å². The van der Waals surface area contributed by atoms with Gasteiger partial charge in [-0.05, 0) is 63.2 Å². The molecule has 0 fully saturated rings. The molecule has 0 spiro atoms. The molecule has 1 aromatic carbocycles. The third-order valence-corrected chi connectivity index (χ3v) is 3.19. The summed E-state index contributed by atoms with van der Waals surface area (Å²) in [6.07, 6.45) is 0.185. The fourth-order valence-corrected chi connectivity index (χ4v) is 2.15. The highest BCUT2D eigenvalue weighted by Gasteiger charge is 2.16. The Morgan fingerprint density at radius 2 is 1.62 bits per heavy atom. The molecule has 0 bridgehead atoms. The van der Waals surface area contributed by atoms with Crippen molar-refractivity contribution in [2.45, 2.75) is 26.9 Å². The highest BCUT2D eigenvalue weighted by Crippen LogP contribution is 2.30. The second-order valence-corrected chi connectivity index (χ2v) is 4.07. The summed E-state index contributed by atoms with van der Waals surface area (Å²) in [7, 11) is 5.63. The summed E-state index contributed by atoms with van der Waals surface area (Å²) in [5, 5.41) is 6.52. The maximum atomic E-state index is 5.37. The molecule has 0 atom stereocenters. The zero-order chi connectivity index (χ0) is 12.3. The fraction of sp³-hybridized carbons (Fsp3) is 0.538. The standard InChI is InChI=1S/C13H22N2O/c1-8-7-11(16-6)9(2)10(3)12(8)13(14-4)15-5/h7,13-15H,1-6H3. The molecule has 0 saturated heterocycles. The number of benzene rings is 1. The Labute approximate surface area is 98.2 Å². The van der Waals surface area contributed by atoms with Crippen molar-refractivity contribution in [3.8, 4) is 5.75 Å². The molecule has 1 rings (SSSR count). The molecule has 2 N–H and O–H groups in total. The lowest BCUT2D eigenvalue weighted by molar-refractivity contribution is 0.409. The average Bonchev–Trinajstić information content (AvgIpc) is 2.29. The van der Waals surface area contributed by atoms with Crippen molar-refractivity contribution >= 4 is 0 Å². The van der Waals surface area contributed by atoms with Gasteiger partial charge in [-0.3, -0.25) is 0 Å². The van der Waals surface area contributed by atoms with Crippen molar-refractivity contribution in [1.82, 2.24) is 10.6 Å². The van der Waals surface area contributed by atoms with Gasteiger partial charge in [-0.25, -0.2) is 0 Å². The molecule has 0 aliphatic heterocycles. The van der Waals surface area contributed by atoms with Crippen molar-refractivity contribution in [1.29, 1.82) is 0 Å². The average molecular weight is 222 g/mol. The van der Waals surface area contributed by atoms with E-state index in [9.17, 15) is 0 Å². The van der Waals surface area contributed by atoms with Crippen LogP contribution in [0.25, 0.3) is 0 Å². The van der Waals surface area contributed by atoms with Crippen LogP contribution in [0.1, 0.15) is 28.4 Å². The summed E-state index contributed by atoms with van der Waals surface area (Å²) >= 11 is 0. The minimum absolute atomic E-state index is 0.185. The monoisotopic (exact) mass is 222 g/mol. The first-order chi connectivity index (χ1) is 7.56. The van der Waals surface area contributed by atoms with Gasteiger partial charge in [-0.1, -0.05) is 0 Å². The van der Waals surface area contributed by atoms with Gasteiger partial charge in [0.25, 0.3) is 0 Å². The van der Waals surface area contributed by atoms with Crippen LogP contribution in [0.3, 0.4) is 0 Å². The second-order valence-electron chi connectivity index (χ2n) is 4.07. The highest BCUT2D eigenvalue weighted by atomic mass is 16.5. The third kappa shape index (κ3) is 2.20. The van der Waals surface area contributed by atoms with Crippen LogP contribution in [-0.2, 0) is 0 Å². The minimum Gasteiger partial charge on any atom is -0.496 e. The van der Waals surface area contributed by atoms with Gasteiger partial charge in [0.2, 0.25) is 0 Å². The largest absolute Gasteiger partial charge is 0.496 e. The Morgan fingerprint density at radius 3 is 2.06 bits per heavy atom. The minimum atomic E-state index is 0.185. The lowest BCUT2D eigenvalue weighted by Crippen LogP contribution is -2.30. The van der Waals surface area contributed by atoms with Crippen LogP contribution < -0.4 is 15.4 Å². The first-order valence-electron chi connectivity index (χ1n) is 5.56. The third-order valence-electron chi connectivity index (χ3n) is 3.19. The summed E-state index contributed by atoms with van der Waals surface area (Å²) < 4.78 is 5.37. The molecule has 0 radical (unpaired) electrons. The zero-order valence-corrected chi connectivity index (χ0v) is 11.1. The van der Waals surface area contributed by atoms with E-state index >= 15 is 0 Å². The maximum absolute atomic E-state index is 5.37. The van der Waals surface area contributed by atoms with Crippen LogP contribution in [0.2, 0.25) is 0 Å². The predicted molar refractivity (Wildman–Crippen MR) is 68.1 cm³/mol. The topological polar surface area (TPSA) is 33.3 Å². The number of rotatable bonds is 4. The van der Waals surface area contributed by atoms with Crippen molar-refractivity contribution in [2.24, 2.45) is 0 Å². The van der Waals surface area contributed by atoms with Crippen LogP contribution >= 0.6 is 0 Å². The van der Waals surface area contributed by atoms with Crippen molar-refractivity contribution in [3.63, 3.8) is 0 Å². The van der Waals surface area contributed by atoms with Crippen LogP contribution in [-0.4, -0.2) is 21.2 Å². The quantitative estimate of drug-likeness (QED) is 0.765. The first-order valence-corrected chi connectivity index (χ1v) is 5.56. The molecule has 0 amide bonds. The fourth-order valence-electron chi connectivity index (χ4n) is 2.15. The summed E-state index contributed by atoms with van der Waals surface area (Å²) in [5.74, 6) is 0.963. The normalized spacial score (nSPS) is 10.9. The summed E-state index contributed by atoms with van der Waals surface area (Å²) in [6, 6.07) is 2.10. The van der Waals surface area contributed by atoms with Crippen LogP contribution in [0, 0.1) is 20.8 Å². The molecule has 3 nitrogen and oxygen atoms in total. The maximum Gasteiger partial charge on any atom is 0.122 e. The predicted octanol–water partition coefficient (Wildman–Crippen LogP) is 2.06. The molecular formula is C13H22N2O. The summed E-state index contributed by atoms with van der Waals surface area (Å²) in [6.45, 7) is 6.35. The Balaban J connectivity index is 3.35. The van der Waals surface area contributed by atoms with Gasteiger partial charge in [0.05, 0.1) is 13.3 Å². The van der Waals surface area contributed by atoms with Crippen LogP contribution in [0.15, 0.2) is 6.07 Å². The van der Waals surface area contributed by atoms with E-state index in [1.807, 2.05) is 14.1 Å². The molecule has 1 aromatic rings. The molecule has 0 heterocycles. The van der Waals surface area contributed by atoms with E-state index < -0.39 is 0 Å². The van der Waals surface area contributed by atoms with Gasteiger partial charge < -0.3 is 15.4 Å². The summed E-state index contributed by atoms with van der Waals surface area (Å²) in [5.41, 5.74) is 5.04. The molecule has 3 heteroatoms. The van der Waals surface area contributed by atoms with E-state index in [0.29, 0.717) is 0 Å². The number of hydrogen-bond donors (Lipinski definition) is 2. The molecular weight excluding hydrogens is 200 g/mol. The van der Waals surface area contributed by atoms with E-state index in [-0.39, 0.29) is 6.17 Å². The Bertz CT molecular complexity index is 371. The molecule has 16 heavy (non-hydrogen) atoms. The Hall–Kier alpha value is -1.06. The van der Waals surface area contributed by atoms with Crippen molar-refractivity contribution < 1.29 is 4.74 Å². The zero-order valence-electron chi connectivity index (χ0n) is 11.1. The van der Waals surface area contributed by atoms with Crippen LogP contribution in [0.4, 0.5) is 0 Å². The van der Waals surface area contributed by atoms with Crippen molar-refractivity contribution in [2.75, 3.05) is 21.2 Å². The Morgan fingerprint density at radius 1 is 1.06 bits per heavy atom. The van der Waals surface area contributed by atoms with E-state index in [0.717, 1.165) is 5.75 Å². The lowest BCUT2D eigenvalue weighted by Gasteiger charge is -2.23. The molecule has 0 aliphatic carbocycles. The molecule has 0 aromatic heterocycles. The molecule has 0 unspecified atom stereocenters. The summed E-state index contributed by atoms with van der Waals surface area (Å²) in [4.78, 5) is 0. The molecule has 90 valence electrons. The smallest absolute Gasteiger partial charge is 0.122 e. The van der Waals surface area contributed by atoms with E-state index in [1.54, 1.807) is 7.11 Å². The number of ether oxygens (including phenoxy) is 1. The number of hydrogen-bond acceptors (Lipinski definition) is 3. The number of nitrogens with one attached hydrogen (secondary N) is 2. The second kappa shape index (κ2) is 5.32. The Kier molecular flexibility index (Phi) is 4.33. The number of aryl methyl sites for hydroxylation is 1. The van der Waals surface area contributed by atoms with Gasteiger partial charge in [0, 0.05) is 0 Å². The molecule has 0 saturated carbocycles. The van der Waals surface area contributed by atoms with Crippen LogP contribution in [0.5, 0.6) is 5.75 Å². The van der Waals surface area contributed by atoms with Crippen molar-refractivity contribution in [3.05, 3.63) is 28.3 Å². The highest BCUT2D eigenvalue weighted by molar-refractivity contribution is 5.49. The van der Waals surface area contributed by atoms with E-state index in [4.69, 9.17) is 4.74 Å². The van der Waals surface area contributed by atoms with E-state index in [1.165, 1.54) is 22.3 Å². The van der Waals surface area contributed by atoms with Gasteiger partial charge in [0.1, 0.15) is 5.75 Å². The van der Waals surface area contributed by atoms with Gasteiger partial charge in [0.15, 0.2) is 0 Å². The number of methoxy groups -OCH3 is 1. The SMILES string of the molecule is CNC(NC)c1c(C)cc(OC)c(C)c1C.